The third-order valence-corrected chi connectivity index (χ3v) is 4.00. The summed E-state index contributed by atoms with van der Waals surface area (Å²) >= 11 is 0. The molecule has 0 radical (unpaired) electrons. The van der Waals surface area contributed by atoms with Gasteiger partial charge in [-0.3, -0.25) is 9.89 Å². The molecule has 3 rings (SSSR count). The van der Waals surface area contributed by atoms with Gasteiger partial charge in [0.15, 0.2) is 5.75 Å². The Morgan fingerprint density at radius 2 is 2.41 bits per heavy atom. The number of nitriles is 1. The average molecular weight is 299 g/mol. The third kappa shape index (κ3) is 2.68. The topological polar surface area (TPSA) is 95.7 Å². The Bertz CT molecular complexity index is 698. The normalized spacial score (nSPS) is 20.5. The summed E-state index contributed by atoms with van der Waals surface area (Å²) in [6, 6.07) is 5.31. The van der Waals surface area contributed by atoms with Crippen molar-refractivity contribution in [2.45, 2.75) is 31.4 Å². The lowest BCUT2D eigenvalue weighted by Crippen LogP contribution is -2.43. The molecule has 2 N–H and O–H groups in total. The van der Waals surface area contributed by atoms with Crippen LogP contribution in [0.3, 0.4) is 0 Å². The van der Waals surface area contributed by atoms with Crippen molar-refractivity contribution in [2.24, 2.45) is 7.05 Å². The molecule has 0 spiro atoms. The van der Waals surface area contributed by atoms with Crippen molar-refractivity contribution in [3.8, 4) is 11.8 Å². The van der Waals surface area contributed by atoms with E-state index >= 15 is 0 Å². The fraction of sp³-hybridized carbons (Fsp3) is 0.400. The second-order valence-corrected chi connectivity index (χ2v) is 5.38. The molecule has 0 saturated heterocycles. The van der Waals surface area contributed by atoms with Gasteiger partial charge in [-0.25, -0.2) is 0 Å². The van der Waals surface area contributed by atoms with Gasteiger partial charge in [-0.2, -0.15) is 10.4 Å². The van der Waals surface area contributed by atoms with Crippen LogP contribution in [0.25, 0.3) is 0 Å². The summed E-state index contributed by atoms with van der Waals surface area (Å²) < 4.78 is 7.45. The molecule has 0 unspecified atom stereocenters. The van der Waals surface area contributed by atoms with Crippen LogP contribution in [-0.4, -0.2) is 32.8 Å². The van der Waals surface area contributed by atoms with Gasteiger partial charge in [-0.1, -0.05) is 0 Å². The van der Waals surface area contributed by atoms with Gasteiger partial charge in [0.25, 0.3) is 5.91 Å². The van der Waals surface area contributed by atoms with Gasteiger partial charge in [0.1, 0.15) is 23.6 Å². The lowest BCUT2D eigenvalue weighted by atomic mass is 10.2. The van der Waals surface area contributed by atoms with Crippen molar-refractivity contribution in [2.75, 3.05) is 0 Å². The van der Waals surface area contributed by atoms with Crippen molar-refractivity contribution in [1.82, 2.24) is 20.1 Å². The molecule has 0 bridgehead atoms. The molecule has 2 aromatic heterocycles. The lowest BCUT2D eigenvalue weighted by Gasteiger charge is -2.21. The zero-order valence-corrected chi connectivity index (χ0v) is 12.2. The minimum Gasteiger partial charge on any atom is -0.485 e. The second kappa shape index (κ2) is 5.93. The van der Waals surface area contributed by atoms with Crippen LogP contribution in [0.15, 0.2) is 24.5 Å². The maximum Gasteiger partial charge on any atom is 0.268 e. The summed E-state index contributed by atoms with van der Waals surface area (Å²) in [6.07, 6.45) is 6.03. The summed E-state index contributed by atoms with van der Waals surface area (Å²) in [7, 11) is 1.71. The molecule has 114 valence electrons. The zero-order valence-electron chi connectivity index (χ0n) is 12.2. The van der Waals surface area contributed by atoms with Crippen molar-refractivity contribution in [3.05, 3.63) is 35.9 Å². The van der Waals surface area contributed by atoms with Crippen LogP contribution in [0.5, 0.6) is 5.75 Å². The summed E-state index contributed by atoms with van der Waals surface area (Å²) in [5, 5.41) is 18.5. The number of hydrogen-bond donors (Lipinski definition) is 2. The van der Waals surface area contributed by atoms with Crippen LogP contribution >= 0.6 is 0 Å². The first-order valence-electron chi connectivity index (χ1n) is 7.21. The zero-order chi connectivity index (χ0) is 15.5. The number of carbonyl (C=O) groups is 1. The van der Waals surface area contributed by atoms with Crippen LogP contribution in [0.4, 0.5) is 0 Å². The molecule has 1 saturated carbocycles. The Morgan fingerprint density at radius 1 is 1.55 bits per heavy atom. The fourth-order valence-corrected chi connectivity index (χ4v) is 2.80. The van der Waals surface area contributed by atoms with Gasteiger partial charge in [-0.15, -0.1) is 0 Å². The van der Waals surface area contributed by atoms with Crippen LogP contribution in [0.2, 0.25) is 0 Å². The molecule has 2 heterocycles. The smallest absolute Gasteiger partial charge is 0.268 e. The molecule has 2 aromatic rings. The van der Waals surface area contributed by atoms with Crippen molar-refractivity contribution in [1.29, 1.82) is 5.26 Å². The molecule has 7 nitrogen and oxygen atoms in total. The highest BCUT2D eigenvalue weighted by molar-refractivity contribution is 5.93. The lowest BCUT2D eigenvalue weighted by molar-refractivity contribution is 0.0886. The van der Waals surface area contributed by atoms with Crippen LogP contribution in [-0.2, 0) is 7.05 Å². The first-order chi connectivity index (χ1) is 10.7. The molecule has 0 aliphatic heterocycles. The number of amides is 1. The standard InChI is InChI=1S/C15H17N5O2/c1-20-10(7-16)5-6-13(20)15(21)19-12-3-2-4-14(12)22-11-8-17-18-9-11/h5-6,8-9,12,14H,2-4H2,1H3,(H,17,18)(H,19,21)/t12-,14+/m0/s1. The predicted molar refractivity (Wildman–Crippen MR) is 78.2 cm³/mol. The Morgan fingerprint density at radius 3 is 3.09 bits per heavy atom. The van der Waals surface area contributed by atoms with E-state index in [0.29, 0.717) is 17.1 Å². The van der Waals surface area contributed by atoms with E-state index in [1.165, 1.54) is 0 Å². The van der Waals surface area contributed by atoms with Gasteiger partial charge in [0.2, 0.25) is 0 Å². The molecule has 2 atom stereocenters. The Kier molecular flexibility index (Phi) is 3.83. The van der Waals surface area contributed by atoms with Gasteiger partial charge in [0, 0.05) is 7.05 Å². The number of H-pyrrole nitrogens is 1. The molecular weight excluding hydrogens is 282 g/mol. The van der Waals surface area contributed by atoms with E-state index in [2.05, 4.69) is 21.6 Å². The van der Waals surface area contributed by atoms with E-state index in [1.807, 2.05) is 0 Å². The number of nitrogens with zero attached hydrogens (tertiary/aromatic N) is 3. The van der Waals surface area contributed by atoms with Gasteiger partial charge in [0.05, 0.1) is 18.4 Å². The van der Waals surface area contributed by atoms with Crippen LogP contribution in [0.1, 0.15) is 35.4 Å². The van der Waals surface area contributed by atoms with E-state index in [0.717, 1.165) is 19.3 Å². The van der Waals surface area contributed by atoms with E-state index in [4.69, 9.17) is 10.00 Å². The molecule has 7 heteroatoms. The van der Waals surface area contributed by atoms with E-state index < -0.39 is 0 Å². The first kappa shape index (κ1) is 14.2. The fourth-order valence-electron chi connectivity index (χ4n) is 2.80. The number of aromatic amines is 1. The maximum absolute atomic E-state index is 12.4. The number of nitrogens with one attached hydrogen (secondary N) is 2. The molecule has 1 fully saturated rings. The van der Waals surface area contributed by atoms with E-state index in [1.54, 1.807) is 36.1 Å². The molecule has 1 aliphatic carbocycles. The number of carbonyl (C=O) groups excluding carboxylic acids is 1. The minimum atomic E-state index is -0.184. The van der Waals surface area contributed by atoms with Crippen molar-refractivity contribution in [3.63, 3.8) is 0 Å². The van der Waals surface area contributed by atoms with Crippen molar-refractivity contribution < 1.29 is 9.53 Å². The summed E-state index contributed by atoms with van der Waals surface area (Å²) in [6.45, 7) is 0. The van der Waals surface area contributed by atoms with Gasteiger partial charge >= 0.3 is 0 Å². The first-order valence-corrected chi connectivity index (χ1v) is 7.21. The van der Waals surface area contributed by atoms with Crippen LogP contribution < -0.4 is 10.1 Å². The maximum atomic E-state index is 12.4. The Hall–Kier alpha value is -2.75. The molecule has 1 aliphatic rings. The number of aromatic nitrogens is 3. The van der Waals surface area contributed by atoms with Gasteiger partial charge in [-0.05, 0) is 31.4 Å². The molecular formula is C15H17N5O2. The number of hydrogen-bond acceptors (Lipinski definition) is 4. The highest BCUT2D eigenvalue weighted by Gasteiger charge is 2.31. The van der Waals surface area contributed by atoms with Crippen LogP contribution in [0, 0.1) is 11.3 Å². The number of rotatable bonds is 4. The molecule has 1 amide bonds. The Balaban J connectivity index is 1.67. The minimum absolute atomic E-state index is 0.0390. The molecule has 22 heavy (non-hydrogen) atoms. The van der Waals surface area contributed by atoms with Gasteiger partial charge < -0.3 is 14.6 Å². The monoisotopic (exact) mass is 299 g/mol. The van der Waals surface area contributed by atoms with Crippen molar-refractivity contribution >= 4 is 5.91 Å². The Labute approximate surface area is 127 Å². The average Bonchev–Trinajstić information content (AvgIpc) is 3.22. The highest BCUT2D eigenvalue weighted by Crippen LogP contribution is 2.24. The second-order valence-electron chi connectivity index (χ2n) is 5.38. The predicted octanol–water partition coefficient (Wildman–Crippen LogP) is 1.35. The highest BCUT2D eigenvalue weighted by atomic mass is 16.5. The molecule has 0 aromatic carbocycles. The summed E-state index contributed by atoms with van der Waals surface area (Å²) in [4.78, 5) is 12.4. The SMILES string of the molecule is Cn1c(C#N)ccc1C(=O)N[C@H]1CCC[C@H]1Oc1cn[nH]c1. The van der Waals surface area contributed by atoms with E-state index in [-0.39, 0.29) is 18.1 Å². The summed E-state index contributed by atoms with van der Waals surface area (Å²) in [5.41, 5.74) is 0.938. The quantitative estimate of drug-likeness (QED) is 0.890. The number of ether oxygens (including phenoxy) is 1. The third-order valence-electron chi connectivity index (χ3n) is 4.00. The van der Waals surface area contributed by atoms with E-state index in [9.17, 15) is 4.79 Å². The largest absolute Gasteiger partial charge is 0.485 e. The summed E-state index contributed by atoms with van der Waals surface area (Å²) in [5.74, 6) is 0.494.